The zero-order chi connectivity index (χ0) is 17.1. The van der Waals surface area contributed by atoms with Crippen molar-refractivity contribution in [2.45, 2.75) is 38.1 Å². The van der Waals surface area contributed by atoms with Gasteiger partial charge in [-0.3, -0.25) is 10.1 Å². The Morgan fingerprint density at radius 2 is 1.96 bits per heavy atom. The number of nitrogens with one attached hydrogen (secondary N) is 1. The van der Waals surface area contributed by atoms with Crippen molar-refractivity contribution in [3.63, 3.8) is 0 Å². The zero-order valence-electron chi connectivity index (χ0n) is 14.3. The van der Waals surface area contributed by atoms with Crippen LogP contribution in [-0.4, -0.2) is 4.92 Å². The van der Waals surface area contributed by atoms with Gasteiger partial charge in [0.15, 0.2) is 0 Å². The molecule has 0 aromatic heterocycles. The third-order valence-electron chi connectivity index (χ3n) is 6.68. The Morgan fingerprint density at radius 3 is 2.76 bits per heavy atom. The van der Waals surface area contributed by atoms with E-state index in [1.54, 1.807) is 6.07 Å². The van der Waals surface area contributed by atoms with Crippen LogP contribution in [0.4, 0.5) is 11.4 Å². The molecule has 2 bridgehead atoms. The fourth-order valence-electron chi connectivity index (χ4n) is 5.78. The lowest BCUT2D eigenvalue weighted by atomic mass is 9.68. The molecule has 2 aromatic carbocycles. The molecule has 25 heavy (non-hydrogen) atoms. The van der Waals surface area contributed by atoms with Crippen LogP contribution in [0.15, 0.2) is 42.5 Å². The van der Waals surface area contributed by atoms with Crippen LogP contribution in [0.5, 0.6) is 0 Å². The van der Waals surface area contributed by atoms with E-state index in [-0.39, 0.29) is 10.6 Å². The fraction of sp³-hybridized carbons (Fsp3) is 0.429. The van der Waals surface area contributed by atoms with E-state index in [2.05, 4.69) is 36.5 Å². The first-order valence-electron chi connectivity index (χ1n) is 9.23. The van der Waals surface area contributed by atoms with Crippen molar-refractivity contribution in [1.29, 1.82) is 0 Å². The van der Waals surface area contributed by atoms with Gasteiger partial charge in [-0.15, -0.1) is 0 Å². The SMILES string of the molecule is Cc1cccc([C@@H]2Nc3ccc([N+](=O)[O-])cc3[C@H]3[C@H]4CC[C@H](C4)[C@H]32)c1. The van der Waals surface area contributed by atoms with Gasteiger partial charge in [0.05, 0.1) is 11.0 Å². The quantitative estimate of drug-likeness (QED) is 0.606. The minimum Gasteiger partial charge on any atom is -0.378 e. The van der Waals surface area contributed by atoms with E-state index in [4.69, 9.17) is 0 Å². The molecule has 0 spiro atoms. The van der Waals surface area contributed by atoms with Gasteiger partial charge >= 0.3 is 0 Å². The average molecular weight is 334 g/mol. The Hall–Kier alpha value is -2.36. The number of hydrogen-bond donors (Lipinski definition) is 1. The highest BCUT2D eigenvalue weighted by Crippen LogP contribution is 2.63. The third kappa shape index (κ3) is 2.20. The van der Waals surface area contributed by atoms with Crippen LogP contribution >= 0.6 is 0 Å². The summed E-state index contributed by atoms with van der Waals surface area (Å²) < 4.78 is 0. The van der Waals surface area contributed by atoms with Crippen molar-refractivity contribution in [3.05, 3.63) is 69.3 Å². The largest absolute Gasteiger partial charge is 0.378 e. The van der Waals surface area contributed by atoms with Gasteiger partial charge in [-0.2, -0.15) is 0 Å². The molecule has 2 aromatic rings. The van der Waals surface area contributed by atoms with Crippen LogP contribution in [0.2, 0.25) is 0 Å². The molecule has 2 fully saturated rings. The Labute approximate surface area is 147 Å². The first kappa shape index (κ1) is 14.9. The molecular weight excluding hydrogens is 312 g/mol. The minimum absolute atomic E-state index is 0.219. The van der Waals surface area contributed by atoms with E-state index in [9.17, 15) is 10.1 Å². The molecule has 4 nitrogen and oxygen atoms in total. The van der Waals surface area contributed by atoms with Crippen molar-refractivity contribution in [2.75, 3.05) is 5.32 Å². The van der Waals surface area contributed by atoms with Crippen molar-refractivity contribution in [2.24, 2.45) is 17.8 Å². The Kier molecular flexibility index (Phi) is 3.18. The topological polar surface area (TPSA) is 55.2 Å². The number of nitro groups is 1. The van der Waals surface area contributed by atoms with E-state index in [0.29, 0.717) is 23.8 Å². The maximum absolute atomic E-state index is 11.2. The Morgan fingerprint density at radius 1 is 1.12 bits per heavy atom. The molecule has 0 radical (unpaired) electrons. The lowest BCUT2D eigenvalue weighted by molar-refractivity contribution is -0.384. The second kappa shape index (κ2) is 5.32. The summed E-state index contributed by atoms with van der Waals surface area (Å²) in [6.45, 7) is 2.14. The van der Waals surface area contributed by atoms with Crippen LogP contribution < -0.4 is 5.32 Å². The van der Waals surface area contributed by atoms with Crippen LogP contribution in [0.3, 0.4) is 0 Å². The zero-order valence-corrected chi connectivity index (χ0v) is 14.3. The number of hydrogen-bond acceptors (Lipinski definition) is 3. The predicted molar refractivity (Wildman–Crippen MR) is 97.7 cm³/mol. The third-order valence-corrected chi connectivity index (χ3v) is 6.68. The first-order valence-corrected chi connectivity index (χ1v) is 9.23. The van der Waals surface area contributed by atoms with E-state index in [1.807, 2.05) is 12.1 Å². The van der Waals surface area contributed by atoms with Crippen molar-refractivity contribution in [3.8, 4) is 0 Å². The lowest BCUT2D eigenvalue weighted by Gasteiger charge is -2.43. The van der Waals surface area contributed by atoms with Crippen molar-refractivity contribution in [1.82, 2.24) is 0 Å². The average Bonchev–Trinajstić information content (AvgIpc) is 3.22. The number of non-ortho nitro benzene ring substituents is 1. The molecule has 5 atom stereocenters. The summed E-state index contributed by atoms with van der Waals surface area (Å²) in [4.78, 5) is 11.0. The molecule has 1 aliphatic heterocycles. The summed E-state index contributed by atoms with van der Waals surface area (Å²) in [5.41, 5.74) is 5.12. The Balaban J connectivity index is 1.64. The van der Waals surface area contributed by atoms with Crippen LogP contribution in [0.25, 0.3) is 0 Å². The molecule has 5 rings (SSSR count). The highest BCUT2D eigenvalue weighted by atomic mass is 16.6. The molecule has 2 saturated carbocycles. The summed E-state index contributed by atoms with van der Waals surface area (Å²) in [6.07, 6.45) is 3.86. The van der Waals surface area contributed by atoms with Gasteiger partial charge in [-0.05, 0) is 67.1 Å². The molecule has 0 amide bonds. The lowest BCUT2D eigenvalue weighted by Crippen LogP contribution is -2.35. The van der Waals surface area contributed by atoms with Gasteiger partial charge in [0, 0.05) is 17.8 Å². The maximum atomic E-state index is 11.2. The fourth-order valence-corrected chi connectivity index (χ4v) is 5.78. The van der Waals surface area contributed by atoms with Crippen LogP contribution in [0.1, 0.15) is 47.9 Å². The van der Waals surface area contributed by atoms with E-state index >= 15 is 0 Å². The number of aryl methyl sites for hydroxylation is 1. The van der Waals surface area contributed by atoms with Crippen LogP contribution in [0, 0.1) is 34.8 Å². The predicted octanol–water partition coefficient (Wildman–Crippen LogP) is 5.20. The highest BCUT2D eigenvalue weighted by Gasteiger charge is 2.54. The number of nitrogens with zero attached hydrogens (tertiary/aromatic N) is 1. The first-order chi connectivity index (χ1) is 12.1. The molecule has 1 N–H and O–H groups in total. The summed E-state index contributed by atoms with van der Waals surface area (Å²) in [7, 11) is 0. The number of anilines is 1. The van der Waals surface area contributed by atoms with E-state index in [1.165, 1.54) is 36.0 Å². The molecule has 4 heteroatoms. The molecule has 128 valence electrons. The summed E-state index contributed by atoms with van der Waals surface area (Å²) in [5.74, 6) is 2.43. The van der Waals surface area contributed by atoms with E-state index < -0.39 is 0 Å². The number of fused-ring (bicyclic) bond motifs is 7. The normalized spacial score (nSPS) is 32.0. The summed E-state index contributed by atoms with van der Waals surface area (Å²) >= 11 is 0. The molecule has 0 saturated heterocycles. The molecule has 3 aliphatic rings. The molecular formula is C21H22N2O2. The van der Waals surface area contributed by atoms with Crippen molar-refractivity contribution >= 4 is 11.4 Å². The van der Waals surface area contributed by atoms with Gasteiger partial charge in [0.1, 0.15) is 0 Å². The number of benzene rings is 2. The van der Waals surface area contributed by atoms with Crippen molar-refractivity contribution < 1.29 is 4.92 Å². The summed E-state index contributed by atoms with van der Waals surface area (Å²) in [6, 6.07) is 14.5. The van der Waals surface area contributed by atoms with Crippen LogP contribution in [-0.2, 0) is 0 Å². The molecule has 2 aliphatic carbocycles. The second-order valence-electron chi connectivity index (χ2n) is 8.00. The standard InChI is InChI=1S/C21H22N2O2/c1-12-3-2-4-15(9-12)21-20-14-6-5-13(10-14)19(20)17-11-16(23(24)25)7-8-18(17)22-21/h2-4,7-9,11,13-14,19-22H,5-6,10H2,1H3/t13-,14+,19+,20+,21-/m0/s1. The number of nitro benzene ring substituents is 1. The smallest absolute Gasteiger partial charge is 0.269 e. The minimum atomic E-state index is -0.269. The maximum Gasteiger partial charge on any atom is 0.269 e. The molecule has 1 heterocycles. The Bertz CT molecular complexity index is 863. The highest BCUT2D eigenvalue weighted by molar-refractivity contribution is 5.62. The number of rotatable bonds is 2. The monoisotopic (exact) mass is 334 g/mol. The van der Waals surface area contributed by atoms with Gasteiger partial charge in [-0.1, -0.05) is 29.8 Å². The van der Waals surface area contributed by atoms with E-state index in [0.717, 1.165) is 11.6 Å². The van der Waals surface area contributed by atoms with Gasteiger partial charge in [0.25, 0.3) is 5.69 Å². The van der Waals surface area contributed by atoms with Gasteiger partial charge in [0.2, 0.25) is 0 Å². The second-order valence-corrected chi connectivity index (χ2v) is 8.00. The molecule has 0 unspecified atom stereocenters. The van der Waals surface area contributed by atoms with Gasteiger partial charge in [-0.25, -0.2) is 0 Å². The van der Waals surface area contributed by atoms with Gasteiger partial charge < -0.3 is 5.32 Å². The summed E-state index contributed by atoms with van der Waals surface area (Å²) in [5, 5.41) is 15.0.